The molecular weight excluding hydrogens is 256 g/mol. The molecule has 0 radical (unpaired) electrons. The maximum Gasteiger partial charge on any atom is 0.387 e. The standard InChI is InChI=1S/C11H11F2N5O/c1-6-4-7(19-11(12)13)2-3-8(6)17-18-9(5-14)10(15)16/h2-4,11,17H,1H3,(H3,15,16)/b18-9+. The Morgan fingerprint density at radius 2 is 2.26 bits per heavy atom. The minimum absolute atomic E-state index is 0.0223. The largest absolute Gasteiger partial charge is 0.435 e. The molecule has 0 atom stereocenters. The van der Waals surface area contributed by atoms with Crippen LogP contribution < -0.4 is 15.9 Å². The number of hydrazone groups is 1. The van der Waals surface area contributed by atoms with E-state index in [1.165, 1.54) is 18.2 Å². The molecule has 100 valence electrons. The van der Waals surface area contributed by atoms with E-state index in [2.05, 4.69) is 15.3 Å². The molecule has 0 aromatic heterocycles. The van der Waals surface area contributed by atoms with Gasteiger partial charge in [0.25, 0.3) is 0 Å². The molecule has 0 aliphatic carbocycles. The number of hydrogen-bond donors (Lipinski definition) is 3. The number of nitrogens with one attached hydrogen (secondary N) is 2. The summed E-state index contributed by atoms with van der Waals surface area (Å²) in [5.74, 6) is -0.445. The highest BCUT2D eigenvalue weighted by Crippen LogP contribution is 2.22. The van der Waals surface area contributed by atoms with Crippen molar-refractivity contribution in [2.24, 2.45) is 10.8 Å². The monoisotopic (exact) mass is 267 g/mol. The molecular formula is C11H11F2N5O. The average Bonchev–Trinajstić information content (AvgIpc) is 2.31. The molecule has 1 aromatic rings. The SMILES string of the molecule is Cc1cc(OC(F)F)ccc1N/N=C(\C#N)C(=N)N. The van der Waals surface area contributed by atoms with Crippen molar-refractivity contribution in [1.82, 2.24) is 0 Å². The highest BCUT2D eigenvalue weighted by atomic mass is 19.3. The first-order valence-corrected chi connectivity index (χ1v) is 5.07. The molecule has 0 fully saturated rings. The van der Waals surface area contributed by atoms with Crippen molar-refractivity contribution < 1.29 is 13.5 Å². The molecule has 4 N–H and O–H groups in total. The van der Waals surface area contributed by atoms with Crippen LogP contribution in [0.4, 0.5) is 14.5 Å². The number of ether oxygens (including phenoxy) is 1. The topological polar surface area (TPSA) is 107 Å². The Hall–Kier alpha value is -2.69. The zero-order valence-corrected chi connectivity index (χ0v) is 9.95. The number of rotatable bonds is 5. The molecule has 0 amide bonds. The zero-order valence-electron chi connectivity index (χ0n) is 9.95. The average molecular weight is 267 g/mol. The third-order valence-electron chi connectivity index (χ3n) is 2.07. The number of nitriles is 1. The van der Waals surface area contributed by atoms with Gasteiger partial charge in [0.1, 0.15) is 11.8 Å². The van der Waals surface area contributed by atoms with Crippen molar-refractivity contribution in [3.05, 3.63) is 23.8 Å². The van der Waals surface area contributed by atoms with E-state index in [0.29, 0.717) is 11.3 Å². The van der Waals surface area contributed by atoms with Crippen LogP contribution in [0.2, 0.25) is 0 Å². The molecule has 1 aromatic carbocycles. The fourth-order valence-electron chi connectivity index (χ4n) is 1.20. The van der Waals surface area contributed by atoms with Crippen LogP contribution in [-0.4, -0.2) is 18.2 Å². The molecule has 0 aliphatic rings. The van der Waals surface area contributed by atoms with Crippen LogP contribution in [0, 0.1) is 23.7 Å². The van der Waals surface area contributed by atoms with Crippen LogP contribution in [-0.2, 0) is 0 Å². The van der Waals surface area contributed by atoms with Crippen molar-refractivity contribution in [3.8, 4) is 11.8 Å². The molecule has 0 unspecified atom stereocenters. The van der Waals surface area contributed by atoms with Gasteiger partial charge in [0, 0.05) is 0 Å². The van der Waals surface area contributed by atoms with E-state index >= 15 is 0 Å². The minimum atomic E-state index is -2.89. The van der Waals surface area contributed by atoms with Gasteiger partial charge in [-0.25, -0.2) is 0 Å². The van der Waals surface area contributed by atoms with Gasteiger partial charge in [-0.1, -0.05) is 0 Å². The zero-order chi connectivity index (χ0) is 14.4. The van der Waals surface area contributed by atoms with E-state index < -0.39 is 12.4 Å². The normalized spacial score (nSPS) is 11.0. The Kier molecular flexibility index (Phi) is 4.76. The van der Waals surface area contributed by atoms with Gasteiger partial charge < -0.3 is 10.5 Å². The highest BCUT2D eigenvalue weighted by Gasteiger charge is 2.07. The highest BCUT2D eigenvalue weighted by molar-refractivity contribution is 6.45. The van der Waals surface area contributed by atoms with Crippen LogP contribution >= 0.6 is 0 Å². The van der Waals surface area contributed by atoms with Gasteiger partial charge in [0.05, 0.1) is 5.69 Å². The molecule has 0 saturated heterocycles. The number of halogens is 2. The van der Waals surface area contributed by atoms with Gasteiger partial charge in [-0.2, -0.15) is 19.1 Å². The summed E-state index contributed by atoms with van der Waals surface area (Å²) in [5, 5.41) is 19.3. The summed E-state index contributed by atoms with van der Waals surface area (Å²) in [6.07, 6.45) is 0. The third kappa shape index (κ3) is 4.23. The summed E-state index contributed by atoms with van der Waals surface area (Å²) < 4.78 is 28.2. The fraction of sp³-hybridized carbons (Fsp3) is 0.182. The Bertz CT molecular complexity index is 551. The Morgan fingerprint density at radius 3 is 2.74 bits per heavy atom. The maximum atomic E-state index is 12.0. The molecule has 0 aliphatic heterocycles. The molecule has 0 heterocycles. The van der Waals surface area contributed by atoms with Crippen LogP contribution in [0.1, 0.15) is 5.56 Å². The van der Waals surface area contributed by atoms with E-state index in [9.17, 15) is 8.78 Å². The lowest BCUT2D eigenvalue weighted by molar-refractivity contribution is -0.0498. The van der Waals surface area contributed by atoms with Crippen molar-refractivity contribution in [2.75, 3.05) is 5.43 Å². The van der Waals surface area contributed by atoms with Crippen LogP contribution in [0.5, 0.6) is 5.75 Å². The molecule has 0 bridgehead atoms. The predicted octanol–water partition coefficient (Wildman–Crippen LogP) is 1.82. The van der Waals surface area contributed by atoms with Gasteiger partial charge in [0.15, 0.2) is 5.84 Å². The first-order chi connectivity index (χ1) is 8.93. The number of aryl methyl sites for hydroxylation is 1. The lowest BCUT2D eigenvalue weighted by Crippen LogP contribution is -2.21. The van der Waals surface area contributed by atoms with Gasteiger partial charge in [-0.15, -0.1) is 0 Å². The molecule has 19 heavy (non-hydrogen) atoms. The van der Waals surface area contributed by atoms with Gasteiger partial charge in [-0.3, -0.25) is 10.8 Å². The maximum absolute atomic E-state index is 12.0. The smallest absolute Gasteiger partial charge is 0.387 e. The van der Waals surface area contributed by atoms with Crippen molar-refractivity contribution in [2.45, 2.75) is 13.5 Å². The molecule has 0 spiro atoms. The minimum Gasteiger partial charge on any atom is -0.435 e. The van der Waals surface area contributed by atoms with Gasteiger partial charge >= 0.3 is 6.61 Å². The third-order valence-corrected chi connectivity index (χ3v) is 2.07. The van der Waals surface area contributed by atoms with E-state index in [0.717, 1.165) is 0 Å². The second-order valence-corrected chi connectivity index (χ2v) is 3.45. The Labute approximate surface area is 108 Å². The van der Waals surface area contributed by atoms with E-state index in [-0.39, 0.29) is 11.5 Å². The van der Waals surface area contributed by atoms with Crippen LogP contribution in [0.25, 0.3) is 0 Å². The number of hydrogen-bond acceptors (Lipinski definition) is 5. The number of amidine groups is 1. The number of nitrogens with zero attached hydrogens (tertiary/aromatic N) is 2. The second kappa shape index (κ2) is 6.30. The summed E-state index contributed by atoms with van der Waals surface area (Å²) >= 11 is 0. The molecule has 8 heteroatoms. The van der Waals surface area contributed by atoms with Crippen molar-refractivity contribution >= 4 is 17.2 Å². The van der Waals surface area contributed by atoms with E-state index in [1.807, 2.05) is 0 Å². The van der Waals surface area contributed by atoms with Crippen molar-refractivity contribution in [3.63, 3.8) is 0 Å². The van der Waals surface area contributed by atoms with E-state index in [4.69, 9.17) is 16.4 Å². The number of benzene rings is 1. The lowest BCUT2D eigenvalue weighted by Gasteiger charge is -2.09. The van der Waals surface area contributed by atoms with E-state index in [1.54, 1.807) is 13.0 Å². The van der Waals surface area contributed by atoms with Crippen molar-refractivity contribution in [1.29, 1.82) is 10.7 Å². The first-order valence-electron chi connectivity index (χ1n) is 5.07. The predicted molar refractivity (Wildman–Crippen MR) is 66.4 cm³/mol. The summed E-state index contributed by atoms with van der Waals surface area (Å²) in [4.78, 5) is 0. The number of alkyl halides is 2. The lowest BCUT2D eigenvalue weighted by atomic mass is 10.2. The quantitative estimate of drug-likeness (QED) is 0.429. The van der Waals surface area contributed by atoms with Crippen LogP contribution in [0.3, 0.4) is 0 Å². The summed E-state index contributed by atoms with van der Waals surface area (Å²) in [5.41, 5.74) is 8.44. The second-order valence-electron chi connectivity index (χ2n) is 3.45. The summed E-state index contributed by atoms with van der Waals surface area (Å²) in [6, 6.07) is 5.83. The Balaban J connectivity index is 2.87. The summed E-state index contributed by atoms with van der Waals surface area (Å²) in [6.45, 7) is -1.24. The fourth-order valence-corrected chi connectivity index (χ4v) is 1.20. The number of anilines is 1. The first kappa shape index (κ1) is 14.4. The van der Waals surface area contributed by atoms with Gasteiger partial charge in [0.2, 0.25) is 5.71 Å². The molecule has 6 nitrogen and oxygen atoms in total. The summed E-state index contributed by atoms with van der Waals surface area (Å²) in [7, 11) is 0. The van der Waals surface area contributed by atoms with Gasteiger partial charge in [-0.05, 0) is 30.7 Å². The number of nitrogens with two attached hydrogens (primary N) is 1. The molecule has 0 saturated carbocycles. The van der Waals surface area contributed by atoms with Crippen LogP contribution in [0.15, 0.2) is 23.3 Å². The Morgan fingerprint density at radius 1 is 1.58 bits per heavy atom. The molecule has 1 rings (SSSR count).